The van der Waals surface area contributed by atoms with Crippen molar-refractivity contribution in [3.05, 3.63) is 53.0 Å². The first kappa shape index (κ1) is 13.2. The summed E-state index contributed by atoms with van der Waals surface area (Å²) in [6.45, 7) is -0.370. The molecule has 0 N–H and O–H groups in total. The van der Waals surface area contributed by atoms with E-state index in [1.54, 1.807) is 24.3 Å². The molecule has 0 aliphatic heterocycles. The maximum absolute atomic E-state index is 12.4. The maximum Gasteiger partial charge on any atom is 0.368 e. The zero-order chi connectivity index (χ0) is 14.7. The van der Waals surface area contributed by atoms with Crippen molar-refractivity contribution in [2.24, 2.45) is 0 Å². The Hall–Kier alpha value is -2.84. The molecule has 3 aromatic rings. The van der Waals surface area contributed by atoms with Crippen molar-refractivity contribution in [3.63, 3.8) is 0 Å². The lowest BCUT2D eigenvalue weighted by molar-refractivity contribution is 0.413. The van der Waals surface area contributed by atoms with Gasteiger partial charge in [-0.1, -0.05) is 18.2 Å². The van der Waals surface area contributed by atoms with Gasteiger partial charge in [0.05, 0.1) is 12.2 Å². The SMILES string of the molecule is O=c1n(Cc2ncnn2CCF)nnn1-c1ccccc1. The van der Waals surface area contributed by atoms with Crippen molar-refractivity contribution >= 4 is 0 Å². The van der Waals surface area contributed by atoms with Crippen LogP contribution in [-0.2, 0) is 13.1 Å². The number of aryl methyl sites for hydroxylation is 1. The van der Waals surface area contributed by atoms with Gasteiger partial charge in [-0.15, -0.1) is 0 Å². The van der Waals surface area contributed by atoms with Crippen molar-refractivity contribution in [1.82, 2.24) is 34.6 Å². The number of aromatic nitrogens is 7. The number of hydrogen-bond donors (Lipinski definition) is 0. The van der Waals surface area contributed by atoms with Crippen LogP contribution in [0.15, 0.2) is 41.5 Å². The lowest BCUT2D eigenvalue weighted by Gasteiger charge is -2.02. The van der Waals surface area contributed by atoms with E-state index in [0.29, 0.717) is 11.5 Å². The predicted molar refractivity (Wildman–Crippen MR) is 70.7 cm³/mol. The number of tetrazole rings is 1. The molecule has 3 rings (SSSR count). The van der Waals surface area contributed by atoms with Gasteiger partial charge in [0.1, 0.15) is 25.4 Å². The monoisotopic (exact) mass is 289 g/mol. The molecule has 9 heteroatoms. The van der Waals surface area contributed by atoms with Gasteiger partial charge in [0.2, 0.25) is 0 Å². The van der Waals surface area contributed by atoms with Crippen LogP contribution in [0.1, 0.15) is 5.82 Å². The molecule has 0 radical (unpaired) electrons. The molecule has 0 amide bonds. The van der Waals surface area contributed by atoms with Gasteiger partial charge in [0.25, 0.3) is 0 Å². The molecule has 0 saturated carbocycles. The minimum absolute atomic E-state index is 0.0890. The van der Waals surface area contributed by atoms with Crippen molar-refractivity contribution in [3.8, 4) is 5.69 Å². The molecule has 0 fully saturated rings. The predicted octanol–water partition coefficient (Wildman–Crippen LogP) is 0.0383. The summed E-state index contributed by atoms with van der Waals surface area (Å²) in [7, 11) is 0. The van der Waals surface area contributed by atoms with E-state index >= 15 is 0 Å². The molecule has 2 aromatic heterocycles. The molecule has 0 spiro atoms. The molecule has 21 heavy (non-hydrogen) atoms. The summed E-state index contributed by atoms with van der Waals surface area (Å²) in [5.41, 5.74) is 0.231. The fourth-order valence-electron chi connectivity index (χ4n) is 1.92. The van der Waals surface area contributed by atoms with Crippen molar-refractivity contribution < 1.29 is 4.39 Å². The highest BCUT2D eigenvalue weighted by Crippen LogP contribution is 2.01. The van der Waals surface area contributed by atoms with E-state index in [4.69, 9.17) is 0 Å². The van der Waals surface area contributed by atoms with Gasteiger partial charge in [-0.25, -0.2) is 18.9 Å². The maximum atomic E-state index is 12.4. The standard InChI is InChI=1S/C12H12FN7O/c13-6-7-18-11(14-9-15-18)8-19-12(21)20(17-16-19)10-4-2-1-3-5-10/h1-5,9H,6-8H2. The molecule has 0 bridgehead atoms. The van der Waals surface area contributed by atoms with Crippen LogP contribution >= 0.6 is 0 Å². The number of nitrogens with zero attached hydrogens (tertiary/aromatic N) is 7. The van der Waals surface area contributed by atoms with E-state index in [1.165, 1.54) is 15.7 Å². The number of benzene rings is 1. The minimum atomic E-state index is -0.554. The van der Waals surface area contributed by atoms with Crippen LogP contribution < -0.4 is 5.69 Å². The van der Waals surface area contributed by atoms with Gasteiger partial charge in [0.15, 0.2) is 0 Å². The first-order chi connectivity index (χ1) is 10.3. The number of rotatable bonds is 5. The van der Waals surface area contributed by atoms with Crippen LogP contribution in [0, 0.1) is 0 Å². The molecule has 0 atom stereocenters. The molecule has 1 aromatic carbocycles. The van der Waals surface area contributed by atoms with Crippen LogP contribution in [0.3, 0.4) is 0 Å². The van der Waals surface area contributed by atoms with Gasteiger partial charge in [-0.05, 0) is 22.6 Å². The quantitative estimate of drug-likeness (QED) is 0.662. The molecule has 0 aliphatic carbocycles. The van der Waals surface area contributed by atoms with Gasteiger partial charge >= 0.3 is 5.69 Å². The topological polar surface area (TPSA) is 83.4 Å². The average Bonchev–Trinajstić information content (AvgIpc) is 3.09. The Bertz CT molecular complexity index is 776. The number of halogens is 1. The van der Waals surface area contributed by atoms with Gasteiger partial charge in [-0.3, -0.25) is 0 Å². The first-order valence-corrected chi connectivity index (χ1v) is 6.30. The molecule has 108 valence electrons. The van der Waals surface area contributed by atoms with E-state index in [9.17, 15) is 9.18 Å². The Balaban J connectivity index is 1.89. The third-order valence-corrected chi connectivity index (χ3v) is 2.92. The lowest BCUT2D eigenvalue weighted by atomic mass is 10.3. The summed E-state index contributed by atoms with van der Waals surface area (Å²) in [5, 5.41) is 11.5. The van der Waals surface area contributed by atoms with Gasteiger partial charge in [0, 0.05) is 0 Å². The first-order valence-electron chi connectivity index (χ1n) is 6.30. The second-order valence-corrected chi connectivity index (χ2v) is 4.25. The summed E-state index contributed by atoms with van der Waals surface area (Å²) in [6, 6.07) is 8.97. The second kappa shape index (κ2) is 5.65. The Morgan fingerprint density at radius 2 is 1.90 bits per heavy atom. The Labute approximate surface area is 118 Å². The third kappa shape index (κ3) is 2.57. The summed E-state index contributed by atoms with van der Waals surface area (Å²) >= 11 is 0. The molecular formula is C12H12FN7O. The zero-order valence-electron chi connectivity index (χ0n) is 11.0. The molecule has 2 heterocycles. The zero-order valence-corrected chi connectivity index (χ0v) is 11.0. The lowest BCUT2D eigenvalue weighted by Crippen LogP contribution is -2.26. The van der Waals surface area contributed by atoms with Gasteiger partial charge < -0.3 is 0 Å². The van der Waals surface area contributed by atoms with Crippen LogP contribution in [0.5, 0.6) is 0 Å². The van der Waals surface area contributed by atoms with Crippen molar-refractivity contribution in [2.75, 3.05) is 6.67 Å². The highest BCUT2D eigenvalue weighted by molar-refractivity contribution is 5.28. The van der Waals surface area contributed by atoms with Crippen LogP contribution in [0.25, 0.3) is 5.69 Å². The highest BCUT2D eigenvalue weighted by atomic mass is 19.1. The van der Waals surface area contributed by atoms with E-state index in [0.717, 1.165) is 4.68 Å². The average molecular weight is 289 g/mol. The van der Waals surface area contributed by atoms with E-state index in [1.807, 2.05) is 6.07 Å². The van der Waals surface area contributed by atoms with Crippen LogP contribution in [-0.4, -0.2) is 41.2 Å². The summed E-state index contributed by atoms with van der Waals surface area (Å²) in [6.07, 6.45) is 1.32. The summed E-state index contributed by atoms with van der Waals surface area (Å²) in [4.78, 5) is 16.2. The normalized spacial score (nSPS) is 10.9. The van der Waals surface area contributed by atoms with Crippen LogP contribution in [0.4, 0.5) is 4.39 Å². The number of alkyl halides is 1. The number of hydrogen-bond acceptors (Lipinski definition) is 5. The Kier molecular flexibility index (Phi) is 3.54. The van der Waals surface area contributed by atoms with Crippen LogP contribution in [0.2, 0.25) is 0 Å². The molecule has 0 unspecified atom stereocenters. The summed E-state index contributed by atoms with van der Waals surface area (Å²) in [5.74, 6) is 0.454. The van der Waals surface area contributed by atoms with E-state index in [-0.39, 0.29) is 13.1 Å². The Morgan fingerprint density at radius 3 is 2.67 bits per heavy atom. The molecular weight excluding hydrogens is 277 g/mol. The second-order valence-electron chi connectivity index (χ2n) is 4.25. The number of para-hydroxylation sites is 1. The van der Waals surface area contributed by atoms with Gasteiger partial charge in [-0.2, -0.15) is 14.5 Å². The molecule has 8 nitrogen and oxygen atoms in total. The van der Waals surface area contributed by atoms with E-state index < -0.39 is 12.4 Å². The van der Waals surface area contributed by atoms with Crippen molar-refractivity contribution in [1.29, 1.82) is 0 Å². The molecule has 0 aliphatic rings. The molecule has 0 saturated heterocycles. The fourth-order valence-corrected chi connectivity index (χ4v) is 1.92. The smallest absolute Gasteiger partial charge is 0.249 e. The largest absolute Gasteiger partial charge is 0.368 e. The minimum Gasteiger partial charge on any atom is -0.249 e. The fraction of sp³-hybridized carbons (Fsp3) is 0.250. The Morgan fingerprint density at radius 1 is 1.10 bits per heavy atom. The van der Waals surface area contributed by atoms with E-state index in [2.05, 4.69) is 20.5 Å². The highest BCUT2D eigenvalue weighted by Gasteiger charge is 2.12. The third-order valence-electron chi connectivity index (χ3n) is 2.92. The summed E-state index contributed by atoms with van der Waals surface area (Å²) < 4.78 is 16.1. The van der Waals surface area contributed by atoms with Crippen molar-refractivity contribution in [2.45, 2.75) is 13.1 Å².